The van der Waals surface area contributed by atoms with Crippen molar-refractivity contribution in [3.05, 3.63) is 78.5 Å². The summed E-state index contributed by atoms with van der Waals surface area (Å²) in [6.45, 7) is 2.64. The van der Waals surface area contributed by atoms with E-state index in [-0.39, 0.29) is 11.9 Å². The highest BCUT2D eigenvalue weighted by Gasteiger charge is 2.25. The van der Waals surface area contributed by atoms with E-state index in [2.05, 4.69) is 10.2 Å². The first kappa shape index (κ1) is 17.6. The van der Waals surface area contributed by atoms with Crippen LogP contribution in [0.25, 0.3) is 5.69 Å². The van der Waals surface area contributed by atoms with Gasteiger partial charge in [-0.2, -0.15) is 0 Å². The highest BCUT2D eigenvalue weighted by atomic mass is 16.3. The Labute approximate surface area is 159 Å². The van der Waals surface area contributed by atoms with Gasteiger partial charge in [-0.15, -0.1) is 0 Å². The molecule has 1 amide bonds. The molecular formula is C22H25N3O2. The number of rotatable bonds is 6. The van der Waals surface area contributed by atoms with Crippen molar-refractivity contribution in [3.63, 3.8) is 0 Å². The normalized spacial score (nSPS) is 16.1. The minimum absolute atomic E-state index is 0.0531. The molecule has 0 spiro atoms. The van der Waals surface area contributed by atoms with Crippen LogP contribution >= 0.6 is 0 Å². The van der Waals surface area contributed by atoms with Crippen molar-refractivity contribution in [2.75, 3.05) is 19.6 Å². The molecule has 27 heavy (non-hydrogen) atoms. The summed E-state index contributed by atoms with van der Waals surface area (Å²) in [6.07, 6.45) is 9.36. The highest BCUT2D eigenvalue weighted by Crippen LogP contribution is 2.24. The van der Waals surface area contributed by atoms with Gasteiger partial charge in [0.2, 0.25) is 0 Å². The van der Waals surface area contributed by atoms with Crippen LogP contribution in [-0.2, 0) is 0 Å². The Hall–Kier alpha value is -2.79. The van der Waals surface area contributed by atoms with Gasteiger partial charge in [-0.1, -0.05) is 6.42 Å². The summed E-state index contributed by atoms with van der Waals surface area (Å²) in [4.78, 5) is 15.0. The Kier molecular flexibility index (Phi) is 5.39. The van der Waals surface area contributed by atoms with E-state index in [1.165, 1.54) is 19.3 Å². The number of hydrogen-bond donors (Lipinski definition) is 1. The van der Waals surface area contributed by atoms with E-state index >= 15 is 0 Å². The van der Waals surface area contributed by atoms with Crippen LogP contribution in [0.15, 0.2) is 71.6 Å². The Morgan fingerprint density at radius 2 is 1.74 bits per heavy atom. The Balaban J connectivity index is 1.41. The summed E-state index contributed by atoms with van der Waals surface area (Å²) in [7, 11) is 0. The number of aromatic nitrogens is 1. The van der Waals surface area contributed by atoms with E-state index in [1.807, 2.05) is 65.5 Å². The van der Waals surface area contributed by atoms with Gasteiger partial charge in [0, 0.05) is 30.2 Å². The molecule has 1 aliphatic heterocycles. The van der Waals surface area contributed by atoms with Gasteiger partial charge in [0.15, 0.2) is 0 Å². The second-order valence-corrected chi connectivity index (χ2v) is 6.98. The molecule has 140 valence electrons. The first-order valence-electron chi connectivity index (χ1n) is 9.60. The summed E-state index contributed by atoms with van der Waals surface area (Å²) in [5.74, 6) is 0.864. The maximum atomic E-state index is 12.6. The number of carbonyl (C=O) groups excluding carboxylic acids is 1. The predicted octanol–water partition coefficient (Wildman–Crippen LogP) is 4.03. The van der Waals surface area contributed by atoms with Crippen molar-refractivity contribution in [3.8, 4) is 5.69 Å². The monoisotopic (exact) mass is 363 g/mol. The van der Waals surface area contributed by atoms with Crippen LogP contribution in [-0.4, -0.2) is 35.0 Å². The van der Waals surface area contributed by atoms with Crippen molar-refractivity contribution < 1.29 is 9.21 Å². The molecule has 2 aromatic heterocycles. The lowest BCUT2D eigenvalue weighted by Gasteiger charge is -2.33. The number of nitrogens with zero attached hydrogens (tertiary/aromatic N) is 2. The van der Waals surface area contributed by atoms with Crippen LogP contribution in [0.4, 0.5) is 0 Å². The van der Waals surface area contributed by atoms with Crippen LogP contribution in [0.5, 0.6) is 0 Å². The lowest BCUT2D eigenvalue weighted by molar-refractivity contribution is 0.0914. The molecule has 0 aliphatic carbocycles. The standard InChI is InChI=1S/C22H25N3O2/c26-22(18-8-10-19(11-9-18)24-12-4-5-13-24)23-17-20(21-7-6-16-27-21)25-14-2-1-3-15-25/h4-13,16,20H,1-3,14-15,17H2,(H,23,26). The maximum Gasteiger partial charge on any atom is 0.251 e. The molecule has 0 bridgehead atoms. The molecule has 0 saturated carbocycles. The SMILES string of the molecule is O=C(NCC(c1ccco1)N1CCCCC1)c1ccc(-n2cccc2)cc1. The van der Waals surface area contributed by atoms with Crippen LogP contribution in [0.3, 0.4) is 0 Å². The zero-order chi connectivity index (χ0) is 18.5. The molecule has 1 aromatic carbocycles. The van der Waals surface area contributed by atoms with Crippen LogP contribution < -0.4 is 5.32 Å². The summed E-state index contributed by atoms with van der Waals surface area (Å²) >= 11 is 0. The summed E-state index contributed by atoms with van der Waals surface area (Å²) in [5, 5.41) is 3.09. The molecular weight excluding hydrogens is 338 g/mol. The number of furan rings is 1. The van der Waals surface area contributed by atoms with Gasteiger partial charge in [-0.25, -0.2) is 0 Å². The van der Waals surface area contributed by atoms with Gasteiger partial charge >= 0.3 is 0 Å². The number of piperidine rings is 1. The summed E-state index contributed by atoms with van der Waals surface area (Å²) < 4.78 is 7.67. The summed E-state index contributed by atoms with van der Waals surface area (Å²) in [5.41, 5.74) is 1.71. The van der Waals surface area contributed by atoms with E-state index < -0.39 is 0 Å². The molecule has 3 aromatic rings. The number of nitrogens with one attached hydrogen (secondary N) is 1. The molecule has 1 fully saturated rings. The fraction of sp³-hybridized carbons (Fsp3) is 0.318. The van der Waals surface area contributed by atoms with Crippen molar-refractivity contribution in [1.29, 1.82) is 0 Å². The van der Waals surface area contributed by atoms with E-state index in [0.29, 0.717) is 12.1 Å². The second kappa shape index (κ2) is 8.27. The van der Waals surface area contributed by atoms with Gasteiger partial charge in [-0.3, -0.25) is 9.69 Å². The van der Waals surface area contributed by atoms with Crippen molar-refractivity contribution in [2.24, 2.45) is 0 Å². The molecule has 1 aliphatic rings. The Bertz CT molecular complexity index is 832. The van der Waals surface area contributed by atoms with Crippen LogP contribution in [0, 0.1) is 0 Å². The zero-order valence-corrected chi connectivity index (χ0v) is 15.4. The first-order chi connectivity index (χ1) is 13.3. The van der Waals surface area contributed by atoms with Gasteiger partial charge < -0.3 is 14.3 Å². The molecule has 4 rings (SSSR count). The number of hydrogen-bond acceptors (Lipinski definition) is 3. The lowest BCUT2D eigenvalue weighted by Crippen LogP contribution is -2.40. The number of benzene rings is 1. The molecule has 5 nitrogen and oxygen atoms in total. The van der Waals surface area contributed by atoms with E-state index in [4.69, 9.17) is 4.42 Å². The van der Waals surface area contributed by atoms with E-state index in [0.717, 1.165) is 24.5 Å². The minimum atomic E-state index is -0.0531. The van der Waals surface area contributed by atoms with E-state index in [9.17, 15) is 4.79 Å². The molecule has 1 atom stereocenters. The van der Waals surface area contributed by atoms with Crippen molar-refractivity contribution in [1.82, 2.24) is 14.8 Å². The van der Waals surface area contributed by atoms with Crippen LogP contribution in [0.2, 0.25) is 0 Å². The molecule has 0 radical (unpaired) electrons. The predicted molar refractivity (Wildman–Crippen MR) is 105 cm³/mol. The second-order valence-electron chi connectivity index (χ2n) is 6.98. The third kappa shape index (κ3) is 4.14. The third-order valence-corrected chi connectivity index (χ3v) is 5.19. The smallest absolute Gasteiger partial charge is 0.251 e. The van der Waals surface area contributed by atoms with Gasteiger partial charge in [0.05, 0.1) is 12.3 Å². The fourth-order valence-corrected chi connectivity index (χ4v) is 3.70. The van der Waals surface area contributed by atoms with Gasteiger partial charge in [0.25, 0.3) is 5.91 Å². The van der Waals surface area contributed by atoms with Crippen molar-refractivity contribution >= 4 is 5.91 Å². The van der Waals surface area contributed by atoms with Crippen molar-refractivity contribution in [2.45, 2.75) is 25.3 Å². The molecule has 3 heterocycles. The molecule has 5 heteroatoms. The summed E-state index contributed by atoms with van der Waals surface area (Å²) in [6, 6.07) is 15.6. The highest BCUT2D eigenvalue weighted by molar-refractivity contribution is 5.94. The maximum absolute atomic E-state index is 12.6. The number of likely N-dealkylation sites (tertiary alicyclic amines) is 1. The third-order valence-electron chi connectivity index (χ3n) is 5.19. The fourth-order valence-electron chi connectivity index (χ4n) is 3.70. The largest absolute Gasteiger partial charge is 0.468 e. The topological polar surface area (TPSA) is 50.4 Å². The zero-order valence-electron chi connectivity index (χ0n) is 15.4. The number of amides is 1. The number of carbonyl (C=O) groups is 1. The molecule has 1 saturated heterocycles. The Morgan fingerprint density at radius 1 is 1.00 bits per heavy atom. The first-order valence-corrected chi connectivity index (χ1v) is 9.60. The molecule has 1 unspecified atom stereocenters. The van der Waals surface area contributed by atoms with E-state index in [1.54, 1.807) is 6.26 Å². The minimum Gasteiger partial charge on any atom is -0.468 e. The van der Waals surface area contributed by atoms with Gasteiger partial charge in [0.1, 0.15) is 5.76 Å². The van der Waals surface area contributed by atoms with Crippen LogP contribution in [0.1, 0.15) is 41.4 Å². The average molecular weight is 363 g/mol. The quantitative estimate of drug-likeness (QED) is 0.719. The Morgan fingerprint density at radius 3 is 2.41 bits per heavy atom. The van der Waals surface area contributed by atoms with Gasteiger partial charge in [-0.05, 0) is 74.5 Å². The average Bonchev–Trinajstić information content (AvgIpc) is 3.43. The lowest BCUT2D eigenvalue weighted by atomic mass is 10.1. The molecule has 1 N–H and O–H groups in total.